The molecule has 0 aliphatic carbocycles. The van der Waals surface area contributed by atoms with E-state index in [4.69, 9.17) is 4.74 Å². The predicted molar refractivity (Wildman–Crippen MR) is 117 cm³/mol. The van der Waals surface area contributed by atoms with E-state index in [0.717, 1.165) is 15.4 Å². The molecule has 1 heterocycles. The van der Waals surface area contributed by atoms with Crippen LogP contribution in [0.5, 0.6) is 0 Å². The van der Waals surface area contributed by atoms with E-state index >= 15 is 0 Å². The van der Waals surface area contributed by atoms with Crippen molar-refractivity contribution >= 4 is 40.6 Å². The maximum Gasteiger partial charge on any atom is 0.412 e. The molecule has 0 fully saturated rings. The number of anilines is 1. The first-order chi connectivity index (χ1) is 13.7. The highest BCUT2D eigenvalue weighted by Crippen LogP contribution is 2.35. The van der Waals surface area contributed by atoms with Crippen molar-refractivity contribution in [3.05, 3.63) is 70.1 Å². The van der Waals surface area contributed by atoms with Gasteiger partial charge in [0.15, 0.2) is 0 Å². The molecule has 6 nitrogen and oxygen atoms in total. The van der Waals surface area contributed by atoms with Crippen LogP contribution >= 0.6 is 23.1 Å². The minimum atomic E-state index is -0.733. The number of benzene rings is 2. The molecule has 0 saturated heterocycles. The van der Waals surface area contributed by atoms with Gasteiger partial charge in [-0.25, -0.2) is 4.79 Å². The summed E-state index contributed by atoms with van der Waals surface area (Å²) in [4.78, 5) is 25.8. The van der Waals surface area contributed by atoms with Gasteiger partial charge in [0.1, 0.15) is 11.3 Å². The summed E-state index contributed by atoms with van der Waals surface area (Å²) in [5.74, 6) is 0. The van der Waals surface area contributed by atoms with Crippen LogP contribution in [-0.4, -0.2) is 16.6 Å². The third-order valence-corrected chi connectivity index (χ3v) is 5.61. The van der Waals surface area contributed by atoms with E-state index < -0.39 is 16.6 Å². The summed E-state index contributed by atoms with van der Waals surface area (Å²) < 4.78 is 5.20. The molecule has 0 bridgehead atoms. The van der Waals surface area contributed by atoms with Crippen LogP contribution in [0, 0.1) is 10.1 Å². The second-order valence-corrected chi connectivity index (χ2v) is 9.26. The van der Waals surface area contributed by atoms with Crippen LogP contribution in [0.4, 0.5) is 16.2 Å². The van der Waals surface area contributed by atoms with E-state index in [-0.39, 0.29) is 11.4 Å². The van der Waals surface area contributed by atoms with Crippen molar-refractivity contribution in [2.75, 3.05) is 5.32 Å². The minimum Gasteiger partial charge on any atom is -0.444 e. The number of hydrogen-bond acceptors (Lipinski definition) is 6. The Bertz CT molecular complexity index is 1010. The average Bonchev–Trinajstić information content (AvgIpc) is 3.15. The number of nitrogens with one attached hydrogen (secondary N) is 1. The van der Waals surface area contributed by atoms with E-state index in [0.29, 0.717) is 0 Å². The molecule has 0 aliphatic rings. The lowest BCUT2D eigenvalue weighted by Gasteiger charge is -2.19. The molecule has 0 atom stereocenters. The van der Waals surface area contributed by atoms with E-state index in [9.17, 15) is 14.9 Å². The first kappa shape index (κ1) is 20.9. The summed E-state index contributed by atoms with van der Waals surface area (Å²) in [6.45, 7) is 5.19. The van der Waals surface area contributed by atoms with Gasteiger partial charge in [-0.3, -0.25) is 15.4 Å². The molecule has 3 rings (SSSR count). The molecule has 0 aliphatic heterocycles. The Hall–Kier alpha value is -2.84. The Balaban J connectivity index is 1.79. The maximum absolute atomic E-state index is 12.1. The van der Waals surface area contributed by atoms with Crippen molar-refractivity contribution in [3.8, 4) is 10.4 Å². The second-order valence-electron chi connectivity index (χ2n) is 7.17. The number of carbonyl (C=O) groups excluding carboxylic acids is 1. The minimum absolute atomic E-state index is 0.101. The number of ether oxygens (including phenoxy) is 1. The lowest BCUT2D eigenvalue weighted by atomic mass is 10.2. The van der Waals surface area contributed by atoms with Gasteiger partial charge in [-0.05, 0) is 62.0 Å². The monoisotopic (exact) mass is 428 g/mol. The first-order valence-electron chi connectivity index (χ1n) is 8.81. The molecule has 8 heteroatoms. The van der Waals surface area contributed by atoms with Gasteiger partial charge in [-0.2, -0.15) is 0 Å². The molecule has 3 aromatic rings. The number of amides is 1. The highest BCUT2D eigenvalue weighted by Gasteiger charge is 2.21. The van der Waals surface area contributed by atoms with Crippen LogP contribution in [-0.2, 0) is 4.74 Å². The Kier molecular flexibility index (Phi) is 6.24. The molecule has 0 saturated carbocycles. The summed E-state index contributed by atoms with van der Waals surface area (Å²) in [6.07, 6.45) is -0.733. The van der Waals surface area contributed by atoms with Crippen molar-refractivity contribution in [2.45, 2.75) is 36.2 Å². The first-order valence-corrected chi connectivity index (χ1v) is 10.5. The van der Waals surface area contributed by atoms with Gasteiger partial charge in [0.25, 0.3) is 5.69 Å². The summed E-state index contributed by atoms with van der Waals surface area (Å²) in [5.41, 5.74) is 0.355. The molecule has 0 radical (unpaired) electrons. The number of thiophene rings is 1. The van der Waals surface area contributed by atoms with Crippen LogP contribution in [0.25, 0.3) is 10.4 Å². The van der Waals surface area contributed by atoms with E-state index in [1.807, 2.05) is 35.7 Å². The van der Waals surface area contributed by atoms with Gasteiger partial charge in [-0.15, -0.1) is 11.3 Å². The zero-order valence-corrected chi connectivity index (χ0v) is 17.8. The fraction of sp³-hybridized carbons (Fsp3) is 0.190. The van der Waals surface area contributed by atoms with Crippen molar-refractivity contribution in [3.63, 3.8) is 0 Å². The predicted octanol–water partition coefficient (Wildman–Crippen LogP) is 6.82. The largest absolute Gasteiger partial charge is 0.444 e. The van der Waals surface area contributed by atoms with Crippen molar-refractivity contribution in [1.29, 1.82) is 0 Å². The number of nitro benzene ring substituents is 1. The van der Waals surface area contributed by atoms with Gasteiger partial charge in [0, 0.05) is 20.7 Å². The van der Waals surface area contributed by atoms with E-state index in [2.05, 4.69) is 11.4 Å². The highest BCUT2D eigenvalue weighted by atomic mass is 32.2. The number of nitrogens with zero attached hydrogens (tertiary/aromatic N) is 1. The lowest BCUT2D eigenvalue weighted by Crippen LogP contribution is -2.27. The van der Waals surface area contributed by atoms with Gasteiger partial charge >= 0.3 is 6.09 Å². The van der Waals surface area contributed by atoms with Crippen molar-refractivity contribution in [1.82, 2.24) is 0 Å². The zero-order chi connectivity index (χ0) is 21.0. The molecule has 29 heavy (non-hydrogen) atoms. The van der Waals surface area contributed by atoms with Crippen LogP contribution in [0.1, 0.15) is 20.8 Å². The number of nitro groups is 1. The maximum atomic E-state index is 12.1. The van der Waals surface area contributed by atoms with Crippen LogP contribution in [0.15, 0.2) is 69.8 Å². The Labute approximate surface area is 177 Å². The van der Waals surface area contributed by atoms with Crippen LogP contribution in [0.2, 0.25) is 0 Å². The second kappa shape index (κ2) is 8.67. The molecule has 0 unspecified atom stereocenters. The third-order valence-electron chi connectivity index (χ3n) is 3.70. The Morgan fingerprint density at radius 2 is 1.79 bits per heavy atom. The molecule has 1 aromatic heterocycles. The quantitative estimate of drug-likeness (QED) is 0.356. The van der Waals surface area contributed by atoms with Crippen LogP contribution < -0.4 is 5.32 Å². The number of carbonyl (C=O) groups is 1. The molecule has 1 amide bonds. The molecule has 2 aromatic carbocycles. The highest BCUT2D eigenvalue weighted by molar-refractivity contribution is 7.99. The standard InChI is InChI=1S/C21H20N2O4S2/c1-21(2,3)27-20(24)22-17-13-16(10-11-18(17)23(25)26)29-15-8-6-14(7-9-15)19-5-4-12-28-19/h4-13H,1-3H3,(H,22,24). The molecule has 150 valence electrons. The number of hydrogen-bond donors (Lipinski definition) is 1. The van der Waals surface area contributed by atoms with Crippen molar-refractivity contribution < 1.29 is 14.5 Å². The lowest BCUT2D eigenvalue weighted by molar-refractivity contribution is -0.384. The topological polar surface area (TPSA) is 81.5 Å². The normalized spacial score (nSPS) is 11.1. The van der Waals surface area contributed by atoms with E-state index in [1.165, 1.54) is 22.7 Å². The van der Waals surface area contributed by atoms with Gasteiger partial charge in [0.2, 0.25) is 0 Å². The summed E-state index contributed by atoms with van der Waals surface area (Å²) in [5, 5.41) is 15.8. The Morgan fingerprint density at radius 3 is 2.38 bits per heavy atom. The van der Waals surface area contributed by atoms with Gasteiger partial charge < -0.3 is 4.74 Å². The smallest absolute Gasteiger partial charge is 0.412 e. The van der Waals surface area contributed by atoms with E-state index in [1.54, 1.807) is 44.2 Å². The molecular weight excluding hydrogens is 408 g/mol. The molecule has 0 spiro atoms. The summed E-state index contributed by atoms with van der Waals surface area (Å²) >= 11 is 3.14. The molecular formula is C21H20N2O4S2. The zero-order valence-electron chi connectivity index (χ0n) is 16.2. The number of rotatable bonds is 5. The third kappa shape index (κ3) is 5.82. The fourth-order valence-corrected chi connectivity index (χ4v) is 4.11. The van der Waals surface area contributed by atoms with Crippen molar-refractivity contribution in [2.24, 2.45) is 0 Å². The fourth-order valence-electron chi connectivity index (χ4n) is 2.52. The SMILES string of the molecule is CC(C)(C)OC(=O)Nc1cc(Sc2ccc(-c3cccs3)cc2)ccc1[N+](=O)[O-]. The average molecular weight is 429 g/mol. The van der Waals surface area contributed by atoms with Gasteiger partial charge in [-0.1, -0.05) is 30.0 Å². The summed E-state index contributed by atoms with van der Waals surface area (Å²) in [7, 11) is 0. The van der Waals surface area contributed by atoms with Crippen LogP contribution in [0.3, 0.4) is 0 Å². The Morgan fingerprint density at radius 1 is 1.10 bits per heavy atom. The van der Waals surface area contributed by atoms with Gasteiger partial charge in [0.05, 0.1) is 4.92 Å². The summed E-state index contributed by atoms with van der Waals surface area (Å²) in [6, 6.07) is 16.8. The molecule has 1 N–H and O–H groups in total.